The van der Waals surface area contributed by atoms with E-state index in [0.717, 1.165) is 30.3 Å². The van der Waals surface area contributed by atoms with E-state index in [2.05, 4.69) is 27.5 Å². The Morgan fingerprint density at radius 1 is 1.06 bits per heavy atom. The molecule has 4 nitrogen and oxygen atoms in total. The summed E-state index contributed by atoms with van der Waals surface area (Å²) < 4.78 is 0. The van der Waals surface area contributed by atoms with Crippen molar-refractivity contribution in [1.82, 2.24) is 9.97 Å². The number of aromatic nitrogens is 2. The molecule has 0 amide bonds. The molecule has 0 aliphatic rings. The highest BCUT2D eigenvalue weighted by molar-refractivity contribution is 5.45. The van der Waals surface area contributed by atoms with Crippen molar-refractivity contribution < 1.29 is 0 Å². The Morgan fingerprint density at radius 2 is 1.88 bits per heavy atom. The van der Waals surface area contributed by atoms with Crippen molar-refractivity contribution in [2.24, 2.45) is 0 Å². The lowest BCUT2D eigenvalue weighted by Crippen LogP contribution is -2.04. The molecule has 2 rings (SSSR count). The zero-order valence-corrected chi connectivity index (χ0v) is 9.85. The van der Waals surface area contributed by atoms with Crippen LogP contribution in [0.25, 0.3) is 0 Å². The first-order valence-electron chi connectivity index (χ1n) is 5.72. The predicted octanol–water partition coefficient (Wildman–Crippen LogP) is 2.52. The molecule has 0 saturated carbocycles. The largest absolute Gasteiger partial charge is 0.370 e. The summed E-state index contributed by atoms with van der Waals surface area (Å²) in [5.74, 6) is 1.76. The molecule has 2 N–H and O–H groups in total. The SMILES string of the molecule is CCNc1cccc(NCc2cccnc2)n1. The van der Waals surface area contributed by atoms with Crippen LogP contribution in [-0.4, -0.2) is 16.5 Å². The molecule has 0 fully saturated rings. The molecule has 17 heavy (non-hydrogen) atoms. The fourth-order valence-corrected chi connectivity index (χ4v) is 1.51. The van der Waals surface area contributed by atoms with Gasteiger partial charge < -0.3 is 10.6 Å². The molecule has 0 aromatic carbocycles. The van der Waals surface area contributed by atoms with E-state index in [1.165, 1.54) is 0 Å². The van der Waals surface area contributed by atoms with Crippen LogP contribution in [0.15, 0.2) is 42.7 Å². The van der Waals surface area contributed by atoms with Crippen LogP contribution in [0.1, 0.15) is 12.5 Å². The minimum atomic E-state index is 0.733. The van der Waals surface area contributed by atoms with Gasteiger partial charge in [0.05, 0.1) is 0 Å². The first-order valence-corrected chi connectivity index (χ1v) is 5.72. The monoisotopic (exact) mass is 228 g/mol. The van der Waals surface area contributed by atoms with E-state index in [0.29, 0.717) is 0 Å². The summed E-state index contributed by atoms with van der Waals surface area (Å²) >= 11 is 0. The predicted molar refractivity (Wildman–Crippen MR) is 70.0 cm³/mol. The van der Waals surface area contributed by atoms with Gasteiger partial charge in [-0.2, -0.15) is 0 Å². The lowest BCUT2D eigenvalue weighted by molar-refractivity contribution is 1.08. The molecule has 4 heteroatoms. The molecule has 0 bridgehead atoms. The van der Waals surface area contributed by atoms with Gasteiger partial charge >= 0.3 is 0 Å². The minimum Gasteiger partial charge on any atom is -0.370 e. The van der Waals surface area contributed by atoms with Gasteiger partial charge in [-0.15, -0.1) is 0 Å². The van der Waals surface area contributed by atoms with E-state index in [-0.39, 0.29) is 0 Å². The molecule has 88 valence electrons. The lowest BCUT2D eigenvalue weighted by atomic mass is 10.3. The Bertz CT molecular complexity index is 456. The number of hydrogen-bond donors (Lipinski definition) is 2. The van der Waals surface area contributed by atoms with Crippen molar-refractivity contribution in [1.29, 1.82) is 0 Å². The van der Waals surface area contributed by atoms with Crippen LogP contribution >= 0.6 is 0 Å². The quantitative estimate of drug-likeness (QED) is 0.825. The molecule has 0 unspecified atom stereocenters. The van der Waals surface area contributed by atoms with Crippen molar-refractivity contribution in [2.75, 3.05) is 17.2 Å². The molecule has 0 aliphatic carbocycles. The Hall–Kier alpha value is -2.10. The maximum Gasteiger partial charge on any atom is 0.128 e. The van der Waals surface area contributed by atoms with E-state index in [1.54, 1.807) is 6.20 Å². The van der Waals surface area contributed by atoms with E-state index >= 15 is 0 Å². The van der Waals surface area contributed by atoms with Crippen LogP contribution in [-0.2, 0) is 6.54 Å². The summed E-state index contributed by atoms with van der Waals surface area (Å²) in [4.78, 5) is 8.51. The molecule has 0 aliphatic heterocycles. The molecule has 0 saturated heterocycles. The van der Waals surface area contributed by atoms with E-state index < -0.39 is 0 Å². The number of anilines is 2. The van der Waals surface area contributed by atoms with Gasteiger partial charge in [-0.3, -0.25) is 4.98 Å². The van der Waals surface area contributed by atoms with Gasteiger partial charge in [0, 0.05) is 25.5 Å². The Balaban J connectivity index is 1.97. The smallest absolute Gasteiger partial charge is 0.128 e. The lowest BCUT2D eigenvalue weighted by Gasteiger charge is -2.07. The second kappa shape index (κ2) is 5.84. The van der Waals surface area contributed by atoms with E-state index in [1.807, 2.05) is 36.5 Å². The topological polar surface area (TPSA) is 49.8 Å². The Morgan fingerprint density at radius 3 is 2.59 bits per heavy atom. The zero-order chi connectivity index (χ0) is 11.9. The van der Waals surface area contributed by atoms with Gasteiger partial charge in [-0.1, -0.05) is 12.1 Å². The summed E-state index contributed by atoms with van der Waals surface area (Å²) in [5, 5.41) is 6.45. The summed E-state index contributed by atoms with van der Waals surface area (Å²) in [6.07, 6.45) is 3.62. The first kappa shape index (κ1) is 11.4. The fraction of sp³-hybridized carbons (Fsp3) is 0.231. The Labute approximate surface area is 101 Å². The van der Waals surface area contributed by atoms with E-state index in [9.17, 15) is 0 Å². The number of pyridine rings is 2. The molecular formula is C13H16N4. The number of hydrogen-bond acceptors (Lipinski definition) is 4. The van der Waals surface area contributed by atoms with Crippen LogP contribution in [0, 0.1) is 0 Å². The normalized spacial score (nSPS) is 9.94. The summed E-state index contributed by atoms with van der Waals surface area (Å²) in [7, 11) is 0. The average Bonchev–Trinajstić information content (AvgIpc) is 2.39. The second-order valence-corrected chi connectivity index (χ2v) is 3.65. The maximum absolute atomic E-state index is 4.43. The minimum absolute atomic E-state index is 0.733. The molecule has 0 atom stereocenters. The third-order valence-corrected chi connectivity index (χ3v) is 2.30. The third-order valence-electron chi connectivity index (χ3n) is 2.30. The molecule has 0 spiro atoms. The standard InChI is InChI=1S/C13H16N4/c1-2-15-12-6-3-7-13(17-12)16-10-11-5-4-8-14-9-11/h3-9H,2,10H2,1H3,(H2,15,16,17). The van der Waals surface area contributed by atoms with Crippen molar-refractivity contribution in [3.8, 4) is 0 Å². The molecule has 2 heterocycles. The number of nitrogens with zero attached hydrogens (tertiary/aromatic N) is 2. The summed E-state index contributed by atoms with van der Waals surface area (Å²) in [6, 6.07) is 9.86. The van der Waals surface area contributed by atoms with Gasteiger partial charge in [0.2, 0.25) is 0 Å². The third kappa shape index (κ3) is 3.45. The highest BCUT2D eigenvalue weighted by atomic mass is 15.1. The van der Waals surface area contributed by atoms with Gasteiger partial charge in [0.25, 0.3) is 0 Å². The highest BCUT2D eigenvalue weighted by Gasteiger charge is 1.96. The first-order chi connectivity index (χ1) is 8.38. The van der Waals surface area contributed by atoms with Crippen LogP contribution < -0.4 is 10.6 Å². The molecule has 2 aromatic heterocycles. The fourth-order valence-electron chi connectivity index (χ4n) is 1.51. The van der Waals surface area contributed by atoms with Gasteiger partial charge in [0.15, 0.2) is 0 Å². The van der Waals surface area contributed by atoms with Crippen molar-refractivity contribution >= 4 is 11.6 Å². The summed E-state index contributed by atoms with van der Waals surface area (Å²) in [6.45, 7) is 3.66. The Kier molecular flexibility index (Phi) is 3.91. The number of nitrogens with one attached hydrogen (secondary N) is 2. The summed E-state index contributed by atoms with van der Waals surface area (Å²) in [5.41, 5.74) is 1.14. The van der Waals surface area contributed by atoms with Crippen LogP contribution in [0.2, 0.25) is 0 Å². The average molecular weight is 228 g/mol. The van der Waals surface area contributed by atoms with Crippen molar-refractivity contribution in [3.63, 3.8) is 0 Å². The highest BCUT2D eigenvalue weighted by Crippen LogP contribution is 2.10. The molecule has 0 radical (unpaired) electrons. The van der Waals surface area contributed by atoms with E-state index in [4.69, 9.17) is 0 Å². The van der Waals surface area contributed by atoms with Crippen molar-refractivity contribution in [2.45, 2.75) is 13.5 Å². The van der Waals surface area contributed by atoms with Gasteiger partial charge in [-0.05, 0) is 30.7 Å². The molecule has 2 aromatic rings. The van der Waals surface area contributed by atoms with Crippen molar-refractivity contribution in [3.05, 3.63) is 48.3 Å². The van der Waals surface area contributed by atoms with Crippen LogP contribution in [0.3, 0.4) is 0 Å². The van der Waals surface area contributed by atoms with Gasteiger partial charge in [0.1, 0.15) is 11.6 Å². The van der Waals surface area contributed by atoms with Gasteiger partial charge in [-0.25, -0.2) is 4.98 Å². The van der Waals surface area contributed by atoms with Crippen LogP contribution in [0.5, 0.6) is 0 Å². The zero-order valence-electron chi connectivity index (χ0n) is 9.85. The molecular weight excluding hydrogens is 212 g/mol. The maximum atomic E-state index is 4.43. The second-order valence-electron chi connectivity index (χ2n) is 3.65. The number of rotatable bonds is 5. The van der Waals surface area contributed by atoms with Crippen LogP contribution in [0.4, 0.5) is 11.6 Å².